The molecule has 34 heavy (non-hydrogen) atoms. The van der Waals surface area contributed by atoms with Crippen molar-refractivity contribution >= 4 is 43.5 Å². The first kappa shape index (κ1) is 24.1. The smallest absolute Gasteiger partial charge is 0.252 e. The number of halogens is 1. The van der Waals surface area contributed by atoms with Gasteiger partial charge in [-0.1, -0.05) is 45.8 Å². The summed E-state index contributed by atoms with van der Waals surface area (Å²) < 4.78 is 34.5. The van der Waals surface area contributed by atoms with Crippen molar-refractivity contribution in [1.82, 2.24) is 4.31 Å². The van der Waals surface area contributed by atoms with Gasteiger partial charge in [0, 0.05) is 11.0 Å². The number of hydrogen-bond acceptors (Lipinski definition) is 5. The monoisotopic (exact) mass is 542 g/mol. The fourth-order valence-electron chi connectivity index (χ4n) is 3.82. The normalized spacial score (nSPS) is 16.4. The van der Waals surface area contributed by atoms with Crippen LogP contribution >= 0.6 is 15.9 Å². The molecule has 1 fully saturated rings. The first-order chi connectivity index (χ1) is 16.2. The van der Waals surface area contributed by atoms with Gasteiger partial charge in [-0.2, -0.15) is 4.31 Å². The summed E-state index contributed by atoms with van der Waals surface area (Å²) in [7, 11) is -2.62. The van der Waals surface area contributed by atoms with Gasteiger partial charge in [0.15, 0.2) is 0 Å². The van der Waals surface area contributed by atoms with E-state index in [0.717, 1.165) is 19.2 Å². The Hall–Kier alpha value is -3.01. The number of rotatable bonds is 7. The fraction of sp³-hybridized carbons (Fsp3) is 0.200. The van der Waals surface area contributed by atoms with Gasteiger partial charge in [-0.15, -0.1) is 0 Å². The summed E-state index contributed by atoms with van der Waals surface area (Å²) in [6.07, 6.45) is -0.240. The minimum absolute atomic E-state index is 0.0164. The number of amides is 2. The molecule has 1 unspecified atom stereocenters. The molecular weight excluding hydrogens is 520 g/mol. The maximum absolute atomic E-state index is 13.7. The number of carbonyl (C=O) groups is 2. The molecule has 2 amide bonds. The quantitative estimate of drug-likeness (QED) is 0.416. The Morgan fingerprint density at radius 3 is 2.18 bits per heavy atom. The van der Waals surface area contributed by atoms with Crippen molar-refractivity contribution in [2.45, 2.75) is 30.8 Å². The molecule has 0 aliphatic carbocycles. The average Bonchev–Trinajstić information content (AvgIpc) is 3.12. The highest BCUT2D eigenvalue weighted by atomic mass is 79.9. The lowest BCUT2D eigenvalue weighted by molar-refractivity contribution is -0.122. The Kier molecular flexibility index (Phi) is 6.88. The van der Waals surface area contributed by atoms with Gasteiger partial charge >= 0.3 is 0 Å². The number of carbonyl (C=O) groups excluding carboxylic acids is 2. The summed E-state index contributed by atoms with van der Waals surface area (Å²) in [6, 6.07) is 18.9. The minimum Gasteiger partial charge on any atom is -0.497 e. The molecule has 3 aromatic rings. The molecule has 7 nitrogen and oxygen atoms in total. The van der Waals surface area contributed by atoms with Crippen molar-refractivity contribution in [1.29, 1.82) is 0 Å². The number of nitrogens with zero attached hydrogens (tertiary/aromatic N) is 2. The number of methoxy groups -OCH3 is 1. The molecule has 176 valence electrons. The summed E-state index contributed by atoms with van der Waals surface area (Å²) in [4.78, 5) is 27.4. The Morgan fingerprint density at radius 2 is 1.59 bits per heavy atom. The second-order valence-corrected chi connectivity index (χ2v) is 10.8. The lowest BCUT2D eigenvalue weighted by Crippen LogP contribution is -2.45. The Balaban J connectivity index is 1.74. The first-order valence-electron chi connectivity index (χ1n) is 10.5. The molecule has 3 aromatic carbocycles. The van der Waals surface area contributed by atoms with Crippen molar-refractivity contribution < 1.29 is 22.7 Å². The maximum atomic E-state index is 13.7. The first-order valence-corrected chi connectivity index (χ1v) is 12.8. The van der Waals surface area contributed by atoms with E-state index >= 15 is 0 Å². The van der Waals surface area contributed by atoms with E-state index in [-0.39, 0.29) is 17.9 Å². The van der Waals surface area contributed by atoms with Crippen LogP contribution in [0.5, 0.6) is 5.75 Å². The van der Waals surface area contributed by atoms with E-state index in [9.17, 15) is 18.0 Å². The van der Waals surface area contributed by atoms with E-state index in [1.54, 1.807) is 36.4 Å². The van der Waals surface area contributed by atoms with Crippen molar-refractivity contribution in [3.05, 3.63) is 88.4 Å². The topological polar surface area (TPSA) is 84.0 Å². The summed E-state index contributed by atoms with van der Waals surface area (Å²) in [5, 5.41) is 0. The van der Waals surface area contributed by atoms with Gasteiger partial charge in [0.25, 0.3) is 5.91 Å². The van der Waals surface area contributed by atoms with Gasteiger partial charge in [0.1, 0.15) is 11.8 Å². The van der Waals surface area contributed by atoms with E-state index in [0.29, 0.717) is 17.0 Å². The van der Waals surface area contributed by atoms with Crippen LogP contribution in [-0.2, 0) is 26.2 Å². The third-order valence-corrected chi connectivity index (χ3v) is 8.08. The maximum Gasteiger partial charge on any atom is 0.252 e. The SMILES string of the molecule is COc1ccc(S(=O)(=O)N(Cc2ccc(C)cc2)C2CC(=O)N(c3ccc(Br)cc3)C2=O)cc1. The highest BCUT2D eigenvalue weighted by Crippen LogP contribution is 2.31. The van der Waals surface area contributed by atoms with Crippen LogP contribution in [0.15, 0.2) is 82.2 Å². The number of aryl methyl sites for hydroxylation is 1. The molecule has 0 saturated carbocycles. The fourth-order valence-corrected chi connectivity index (χ4v) is 5.66. The number of hydrogen-bond donors (Lipinski definition) is 0. The van der Waals surface area contributed by atoms with E-state index in [4.69, 9.17) is 4.74 Å². The van der Waals surface area contributed by atoms with Gasteiger partial charge in [-0.05, 0) is 61.0 Å². The van der Waals surface area contributed by atoms with Gasteiger partial charge in [-0.3, -0.25) is 9.59 Å². The molecule has 4 rings (SSSR count). The molecule has 0 N–H and O–H groups in total. The van der Waals surface area contributed by atoms with Crippen LogP contribution < -0.4 is 9.64 Å². The number of benzene rings is 3. The Bertz CT molecular complexity index is 1310. The number of ether oxygens (including phenoxy) is 1. The van der Waals surface area contributed by atoms with Crippen molar-refractivity contribution in [2.75, 3.05) is 12.0 Å². The summed E-state index contributed by atoms with van der Waals surface area (Å²) in [5.74, 6) is -0.509. The molecule has 0 radical (unpaired) electrons. The van der Waals surface area contributed by atoms with Crippen LogP contribution in [0.2, 0.25) is 0 Å². The van der Waals surface area contributed by atoms with Gasteiger partial charge in [0.05, 0.1) is 24.1 Å². The Labute approximate surface area is 207 Å². The second kappa shape index (κ2) is 9.69. The zero-order valence-electron chi connectivity index (χ0n) is 18.6. The van der Waals surface area contributed by atoms with Crippen LogP contribution in [0.3, 0.4) is 0 Å². The zero-order chi connectivity index (χ0) is 24.5. The highest BCUT2D eigenvalue weighted by Gasteiger charge is 2.47. The molecule has 9 heteroatoms. The van der Waals surface area contributed by atoms with Crippen molar-refractivity contribution in [3.8, 4) is 5.75 Å². The lowest BCUT2D eigenvalue weighted by atomic mass is 10.1. The molecule has 1 aliphatic rings. The van der Waals surface area contributed by atoms with Crippen LogP contribution in [0.4, 0.5) is 5.69 Å². The molecule has 0 aromatic heterocycles. The molecule has 1 aliphatic heterocycles. The molecule has 0 bridgehead atoms. The number of anilines is 1. The average molecular weight is 543 g/mol. The largest absolute Gasteiger partial charge is 0.497 e. The van der Waals surface area contributed by atoms with E-state index < -0.39 is 27.9 Å². The van der Waals surface area contributed by atoms with E-state index in [2.05, 4.69) is 15.9 Å². The predicted octanol–water partition coefficient (Wildman–Crippen LogP) is 4.29. The molecule has 1 saturated heterocycles. The van der Waals surface area contributed by atoms with E-state index in [1.807, 2.05) is 31.2 Å². The number of sulfonamides is 1. The summed E-state index contributed by atoms with van der Waals surface area (Å²) in [6.45, 7) is 1.89. The highest BCUT2D eigenvalue weighted by molar-refractivity contribution is 9.10. The number of imide groups is 1. The van der Waals surface area contributed by atoms with Gasteiger partial charge < -0.3 is 4.74 Å². The van der Waals surface area contributed by atoms with Gasteiger partial charge in [0.2, 0.25) is 15.9 Å². The van der Waals surface area contributed by atoms with Crippen molar-refractivity contribution in [3.63, 3.8) is 0 Å². The Morgan fingerprint density at radius 1 is 0.971 bits per heavy atom. The lowest BCUT2D eigenvalue weighted by Gasteiger charge is -2.27. The standard InChI is InChI=1S/C25H23BrN2O5S/c1-17-3-5-18(6-4-17)16-27(34(31,32)22-13-11-21(33-2)12-14-22)23-15-24(29)28(25(23)30)20-9-7-19(26)8-10-20/h3-14,23H,15-16H2,1-2H3. The zero-order valence-corrected chi connectivity index (χ0v) is 21.0. The van der Waals surface area contributed by atoms with Crippen LogP contribution in [0.25, 0.3) is 0 Å². The van der Waals surface area contributed by atoms with Gasteiger partial charge in [-0.25, -0.2) is 13.3 Å². The van der Waals surface area contributed by atoms with Crippen molar-refractivity contribution in [2.24, 2.45) is 0 Å². The minimum atomic E-state index is -4.12. The third-order valence-electron chi connectivity index (χ3n) is 5.68. The third kappa shape index (κ3) is 4.77. The molecular formula is C25H23BrN2O5S. The summed E-state index contributed by atoms with van der Waals surface area (Å²) in [5.41, 5.74) is 2.14. The summed E-state index contributed by atoms with van der Waals surface area (Å²) >= 11 is 3.34. The molecule has 0 spiro atoms. The predicted molar refractivity (Wildman–Crippen MR) is 132 cm³/mol. The van der Waals surface area contributed by atoms with Crippen LogP contribution in [0.1, 0.15) is 17.5 Å². The van der Waals surface area contributed by atoms with E-state index in [1.165, 1.54) is 19.2 Å². The van der Waals surface area contributed by atoms with Crippen LogP contribution in [0, 0.1) is 6.92 Å². The van der Waals surface area contributed by atoms with Crippen LogP contribution in [-0.4, -0.2) is 37.7 Å². The molecule has 1 heterocycles. The second-order valence-electron chi connectivity index (χ2n) is 7.98. The molecule has 1 atom stereocenters.